The summed E-state index contributed by atoms with van der Waals surface area (Å²) >= 11 is 0. The summed E-state index contributed by atoms with van der Waals surface area (Å²) in [5.74, 6) is 0.450. The van der Waals surface area contributed by atoms with Crippen molar-refractivity contribution in [2.45, 2.75) is 44.9 Å². The minimum Gasteiger partial charge on any atom is -0.508 e. The summed E-state index contributed by atoms with van der Waals surface area (Å²) in [7, 11) is 0. The first-order valence-electron chi connectivity index (χ1n) is 8.95. The Morgan fingerprint density at radius 3 is 2.62 bits per heavy atom. The zero-order valence-corrected chi connectivity index (χ0v) is 14.2. The quantitative estimate of drug-likeness (QED) is 0.931. The minimum absolute atomic E-state index is 0.103. The fourth-order valence-electron chi connectivity index (χ4n) is 4.05. The number of phenols is 1. The highest BCUT2D eigenvalue weighted by Crippen LogP contribution is 2.32. The van der Waals surface area contributed by atoms with Crippen molar-refractivity contribution in [2.24, 2.45) is 0 Å². The van der Waals surface area contributed by atoms with E-state index >= 15 is 0 Å². The molecule has 1 fully saturated rings. The van der Waals surface area contributed by atoms with Crippen LogP contribution in [0.4, 0.5) is 0 Å². The lowest BCUT2D eigenvalue weighted by atomic mass is 10.0. The van der Waals surface area contributed by atoms with E-state index < -0.39 is 0 Å². The highest BCUT2D eigenvalue weighted by atomic mass is 16.5. The number of fused-ring (bicyclic) bond motifs is 1. The number of phenolic OH excluding ortho intramolecular Hbond substituents is 1. The van der Waals surface area contributed by atoms with Gasteiger partial charge in [-0.1, -0.05) is 36.4 Å². The van der Waals surface area contributed by atoms with Gasteiger partial charge in [-0.15, -0.1) is 0 Å². The lowest BCUT2D eigenvalue weighted by molar-refractivity contribution is -0.0815. The van der Waals surface area contributed by atoms with E-state index in [2.05, 4.69) is 42.2 Å². The Morgan fingerprint density at radius 2 is 1.83 bits per heavy atom. The fourth-order valence-corrected chi connectivity index (χ4v) is 4.05. The molecule has 0 amide bonds. The summed E-state index contributed by atoms with van der Waals surface area (Å²) in [6, 6.07) is 14.6. The number of hydrogen-bond acceptors (Lipinski definition) is 3. The van der Waals surface area contributed by atoms with Gasteiger partial charge in [0.2, 0.25) is 0 Å². The predicted octanol–water partition coefficient (Wildman–Crippen LogP) is 3.84. The maximum atomic E-state index is 10.4. The lowest BCUT2D eigenvalue weighted by Gasteiger charge is -2.37. The standard InChI is InChI=1S/C21H25NO2/c1-15-12-22(14-21(24-15)16-6-3-2-4-7-16)13-19-10-17-8-5-9-18(17)11-20(19)23/h2-4,6-7,10-11,15,21,23H,5,8-9,12-14H2,1H3/t15-,21+/m0/s1. The van der Waals surface area contributed by atoms with Crippen LogP contribution < -0.4 is 0 Å². The molecule has 1 saturated heterocycles. The predicted molar refractivity (Wildman–Crippen MR) is 95.1 cm³/mol. The molecule has 126 valence electrons. The summed E-state index contributed by atoms with van der Waals surface area (Å²) in [6.45, 7) is 4.69. The van der Waals surface area contributed by atoms with E-state index in [1.54, 1.807) is 0 Å². The second-order valence-corrected chi connectivity index (χ2v) is 7.14. The monoisotopic (exact) mass is 323 g/mol. The molecule has 3 heteroatoms. The number of morpholine rings is 1. The molecule has 0 bridgehead atoms. The van der Waals surface area contributed by atoms with Crippen LogP contribution in [0.15, 0.2) is 42.5 Å². The molecule has 0 spiro atoms. The average Bonchev–Trinajstić information content (AvgIpc) is 3.02. The van der Waals surface area contributed by atoms with Crippen molar-refractivity contribution in [2.75, 3.05) is 13.1 Å². The topological polar surface area (TPSA) is 32.7 Å². The molecule has 1 heterocycles. The molecule has 0 unspecified atom stereocenters. The molecule has 0 saturated carbocycles. The maximum absolute atomic E-state index is 10.4. The van der Waals surface area contributed by atoms with Gasteiger partial charge in [0.05, 0.1) is 12.2 Å². The van der Waals surface area contributed by atoms with Gasteiger partial charge in [0, 0.05) is 25.2 Å². The van der Waals surface area contributed by atoms with Crippen LogP contribution in [0.2, 0.25) is 0 Å². The summed E-state index contributed by atoms with van der Waals surface area (Å²) in [5, 5.41) is 10.4. The highest BCUT2D eigenvalue weighted by Gasteiger charge is 2.27. The molecule has 0 radical (unpaired) electrons. The number of ether oxygens (including phenoxy) is 1. The highest BCUT2D eigenvalue weighted by molar-refractivity contribution is 5.44. The molecule has 1 N–H and O–H groups in total. The number of benzene rings is 2. The van der Waals surface area contributed by atoms with Gasteiger partial charge in [0.15, 0.2) is 0 Å². The third-order valence-corrected chi connectivity index (χ3v) is 5.19. The molecule has 24 heavy (non-hydrogen) atoms. The molecule has 2 aromatic rings. The smallest absolute Gasteiger partial charge is 0.120 e. The van der Waals surface area contributed by atoms with Gasteiger partial charge in [-0.25, -0.2) is 0 Å². The van der Waals surface area contributed by atoms with Crippen molar-refractivity contribution in [3.05, 3.63) is 64.7 Å². The first-order chi connectivity index (χ1) is 11.7. The number of nitrogens with zero attached hydrogens (tertiary/aromatic N) is 1. The molecule has 3 nitrogen and oxygen atoms in total. The van der Waals surface area contributed by atoms with Crippen LogP contribution in [0.3, 0.4) is 0 Å². The van der Waals surface area contributed by atoms with Crippen molar-refractivity contribution < 1.29 is 9.84 Å². The molecule has 4 rings (SSSR count). The molecule has 2 aromatic carbocycles. The average molecular weight is 323 g/mol. The second kappa shape index (κ2) is 6.58. The van der Waals surface area contributed by atoms with Crippen molar-refractivity contribution in [1.82, 2.24) is 4.90 Å². The molecule has 0 aromatic heterocycles. The van der Waals surface area contributed by atoms with Crippen molar-refractivity contribution in [3.8, 4) is 5.75 Å². The summed E-state index contributed by atoms with van der Waals surface area (Å²) in [4.78, 5) is 2.40. The van der Waals surface area contributed by atoms with Gasteiger partial charge in [0.1, 0.15) is 5.75 Å². The number of rotatable bonds is 3. The molecule has 1 aliphatic carbocycles. The largest absolute Gasteiger partial charge is 0.508 e. The zero-order chi connectivity index (χ0) is 16.5. The normalized spacial score (nSPS) is 24.0. The summed E-state index contributed by atoms with van der Waals surface area (Å²) < 4.78 is 6.14. The maximum Gasteiger partial charge on any atom is 0.120 e. The number of aryl methyl sites for hydroxylation is 2. The third kappa shape index (κ3) is 3.19. The lowest BCUT2D eigenvalue weighted by Crippen LogP contribution is -2.42. The molecule has 1 aliphatic heterocycles. The van der Waals surface area contributed by atoms with E-state index in [-0.39, 0.29) is 12.2 Å². The van der Waals surface area contributed by atoms with Crippen LogP contribution in [-0.2, 0) is 24.1 Å². The minimum atomic E-state index is 0.103. The first kappa shape index (κ1) is 15.7. The fraction of sp³-hybridized carbons (Fsp3) is 0.429. The van der Waals surface area contributed by atoms with E-state index in [0.717, 1.165) is 38.0 Å². The molecule has 2 aliphatic rings. The van der Waals surface area contributed by atoms with Crippen LogP contribution in [0.25, 0.3) is 0 Å². The van der Waals surface area contributed by atoms with Crippen molar-refractivity contribution >= 4 is 0 Å². The van der Waals surface area contributed by atoms with Gasteiger partial charge in [0.25, 0.3) is 0 Å². The van der Waals surface area contributed by atoms with E-state index in [0.29, 0.717) is 5.75 Å². The SMILES string of the molecule is C[C@H]1CN(Cc2cc3c(cc2O)CCC3)C[C@H](c2ccccc2)O1. The number of hydrogen-bond donors (Lipinski definition) is 1. The van der Waals surface area contributed by atoms with Gasteiger partial charge in [-0.05, 0) is 48.9 Å². The Balaban J connectivity index is 1.52. The van der Waals surface area contributed by atoms with Gasteiger partial charge in [-0.3, -0.25) is 4.90 Å². The van der Waals surface area contributed by atoms with Crippen molar-refractivity contribution in [1.29, 1.82) is 0 Å². The third-order valence-electron chi connectivity index (χ3n) is 5.19. The van der Waals surface area contributed by atoms with E-state index in [1.807, 2.05) is 12.1 Å². The Labute approximate surface area is 143 Å². The van der Waals surface area contributed by atoms with Gasteiger partial charge >= 0.3 is 0 Å². The molecular weight excluding hydrogens is 298 g/mol. The van der Waals surface area contributed by atoms with E-state index in [9.17, 15) is 5.11 Å². The van der Waals surface area contributed by atoms with Crippen LogP contribution in [0.5, 0.6) is 5.75 Å². The first-order valence-corrected chi connectivity index (χ1v) is 8.95. The van der Waals surface area contributed by atoms with E-state index in [4.69, 9.17) is 4.74 Å². The Hall–Kier alpha value is -1.84. The zero-order valence-electron chi connectivity index (χ0n) is 14.2. The Morgan fingerprint density at radius 1 is 1.08 bits per heavy atom. The van der Waals surface area contributed by atoms with Crippen LogP contribution in [0, 0.1) is 0 Å². The molecule has 2 atom stereocenters. The van der Waals surface area contributed by atoms with Gasteiger partial charge < -0.3 is 9.84 Å². The Bertz CT molecular complexity index is 713. The number of aromatic hydroxyl groups is 1. The second-order valence-electron chi connectivity index (χ2n) is 7.14. The van der Waals surface area contributed by atoms with Crippen LogP contribution in [-0.4, -0.2) is 29.2 Å². The van der Waals surface area contributed by atoms with Crippen LogP contribution >= 0.6 is 0 Å². The summed E-state index contributed by atoms with van der Waals surface area (Å²) in [5.41, 5.74) is 5.03. The van der Waals surface area contributed by atoms with Gasteiger partial charge in [-0.2, -0.15) is 0 Å². The van der Waals surface area contributed by atoms with E-state index in [1.165, 1.54) is 23.1 Å². The Kier molecular flexibility index (Phi) is 4.30. The summed E-state index contributed by atoms with van der Waals surface area (Å²) in [6.07, 6.45) is 3.76. The molecular formula is C21H25NO2. The van der Waals surface area contributed by atoms with Crippen LogP contribution in [0.1, 0.15) is 41.7 Å². The van der Waals surface area contributed by atoms with Crippen molar-refractivity contribution in [3.63, 3.8) is 0 Å².